The summed E-state index contributed by atoms with van der Waals surface area (Å²) < 4.78 is 0. The van der Waals surface area contributed by atoms with Gasteiger partial charge in [0.25, 0.3) is 0 Å². The SMILES string of the molecule is CSCCCCCNCc1ccc(C)s1. The van der Waals surface area contributed by atoms with Gasteiger partial charge in [0.15, 0.2) is 0 Å². The highest BCUT2D eigenvalue weighted by molar-refractivity contribution is 7.98. The van der Waals surface area contributed by atoms with Crippen LogP contribution in [0.15, 0.2) is 12.1 Å². The van der Waals surface area contributed by atoms with Gasteiger partial charge in [-0.25, -0.2) is 0 Å². The van der Waals surface area contributed by atoms with Crippen LogP contribution >= 0.6 is 23.1 Å². The number of aryl methyl sites for hydroxylation is 1. The highest BCUT2D eigenvalue weighted by atomic mass is 32.2. The summed E-state index contributed by atoms with van der Waals surface area (Å²) >= 11 is 3.84. The van der Waals surface area contributed by atoms with Crippen molar-refractivity contribution >= 4 is 23.1 Å². The molecule has 0 saturated carbocycles. The lowest BCUT2D eigenvalue weighted by atomic mass is 10.2. The van der Waals surface area contributed by atoms with Crippen molar-refractivity contribution in [1.29, 1.82) is 0 Å². The highest BCUT2D eigenvalue weighted by Crippen LogP contribution is 2.14. The smallest absolute Gasteiger partial charge is 0.0299 e. The van der Waals surface area contributed by atoms with Gasteiger partial charge in [-0.1, -0.05) is 6.42 Å². The van der Waals surface area contributed by atoms with Crippen molar-refractivity contribution < 1.29 is 0 Å². The zero-order valence-electron chi connectivity index (χ0n) is 9.71. The molecular weight excluding hydrogens is 222 g/mol. The summed E-state index contributed by atoms with van der Waals surface area (Å²) in [6.45, 7) is 4.36. The van der Waals surface area contributed by atoms with Gasteiger partial charge >= 0.3 is 0 Å². The molecule has 1 nitrogen and oxygen atoms in total. The molecule has 1 heterocycles. The van der Waals surface area contributed by atoms with E-state index in [1.165, 1.54) is 34.8 Å². The minimum atomic E-state index is 1.04. The predicted molar refractivity (Wildman–Crippen MR) is 73.0 cm³/mol. The lowest BCUT2D eigenvalue weighted by molar-refractivity contribution is 0.622. The first-order chi connectivity index (χ1) is 7.33. The first-order valence-electron chi connectivity index (χ1n) is 5.58. The van der Waals surface area contributed by atoms with E-state index < -0.39 is 0 Å². The van der Waals surface area contributed by atoms with Crippen LogP contribution < -0.4 is 5.32 Å². The van der Waals surface area contributed by atoms with Crippen molar-refractivity contribution in [2.24, 2.45) is 0 Å². The fraction of sp³-hybridized carbons (Fsp3) is 0.667. The van der Waals surface area contributed by atoms with Crippen LogP contribution in [0.25, 0.3) is 0 Å². The first-order valence-corrected chi connectivity index (χ1v) is 7.79. The zero-order chi connectivity index (χ0) is 10.9. The Morgan fingerprint density at radius 2 is 2.13 bits per heavy atom. The summed E-state index contributed by atoms with van der Waals surface area (Å²) in [5.74, 6) is 1.31. The molecule has 1 N–H and O–H groups in total. The summed E-state index contributed by atoms with van der Waals surface area (Å²) in [7, 11) is 0. The monoisotopic (exact) mass is 243 g/mol. The van der Waals surface area contributed by atoms with E-state index >= 15 is 0 Å². The Kier molecular flexibility index (Phi) is 7.14. The third-order valence-electron chi connectivity index (χ3n) is 2.30. The Morgan fingerprint density at radius 3 is 2.80 bits per heavy atom. The zero-order valence-corrected chi connectivity index (χ0v) is 11.3. The number of thiophene rings is 1. The maximum Gasteiger partial charge on any atom is 0.0299 e. The van der Waals surface area contributed by atoms with Crippen LogP contribution in [0.4, 0.5) is 0 Å². The standard InChI is InChI=1S/C12H21NS2/c1-11-6-7-12(15-11)10-13-8-4-3-5-9-14-2/h6-7,13H,3-5,8-10H2,1-2H3. The summed E-state index contributed by atoms with van der Waals surface area (Å²) in [5.41, 5.74) is 0. The van der Waals surface area contributed by atoms with Gasteiger partial charge in [-0.15, -0.1) is 11.3 Å². The fourth-order valence-electron chi connectivity index (χ4n) is 1.46. The molecule has 0 radical (unpaired) electrons. The molecule has 1 aromatic rings. The number of hydrogen-bond donors (Lipinski definition) is 1. The van der Waals surface area contributed by atoms with Crippen LogP contribution in [-0.4, -0.2) is 18.6 Å². The Hall–Kier alpha value is 0.01000. The van der Waals surface area contributed by atoms with E-state index in [4.69, 9.17) is 0 Å². The van der Waals surface area contributed by atoms with Crippen molar-refractivity contribution in [2.45, 2.75) is 32.7 Å². The molecule has 15 heavy (non-hydrogen) atoms. The minimum Gasteiger partial charge on any atom is -0.312 e. The van der Waals surface area contributed by atoms with E-state index in [1.54, 1.807) is 0 Å². The molecule has 0 aliphatic carbocycles. The number of rotatable bonds is 8. The van der Waals surface area contributed by atoms with Gasteiger partial charge in [-0.3, -0.25) is 0 Å². The van der Waals surface area contributed by atoms with Crippen LogP contribution in [0.1, 0.15) is 29.0 Å². The van der Waals surface area contributed by atoms with E-state index in [2.05, 4.69) is 30.6 Å². The van der Waals surface area contributed by atoms with E-state index in [1.807, 2.05) is 23.1 Å². The van der Waals surface area contributed by atoms with Crippen molar-refractivity contribution in [3.8, 4) is 0 Å². The summed E-state index contributed by atoms with van der Waals surface area (Å²) in [6.07, 6.45) is 6.21. The second-order valence-electron chi connectivity index (χ2n) is 3.74. The number of hydrogen-bond acceptors (Lipinski definition) is 3. The highest BCUT2D eigenvalue weighted by Gasteiger charge is 1.95. The molecule has 0 amide bonds. The van der Waals surface area contributed by atoms with Crippen LogP contribution in [0, 0.1) is 6.92 Å². The van der Waals surface area contributed by atoms with Gasteiger partial charge in [0.2, 0.25) is 0 Å². The average molecular weight is 243 g/mol. The van der Waals surface area contributed by atoms with Crippen molar-refractivity contribution in [2.75, 3.05) is 18.6 Å². The molecule has 0 atom stereocenters. The van der Waals surface area contributed by atoms with Gasteiger partial charge < -0.3 is 5.32 Å². The third-order valence-corrected chi connectivity index (χ3v) is 3.99. The van der Waals surface area contributed by atoms with Gasteiger partial charge in [0.1, 0.15) is 0 Å². The molecule has 0 saturated heterocycles. The van der Waals surface area contributed by atoms with Crippen molar-refractivity contribution in [3.05, 3.63) is 21.9 Å². The number of thioether (sulfide) groups is 1. The van der Waals surface area contributed by atoms with Gasteiger partial charge in [0, 0.05) is 16.3 Å². The maximum atomic E-state index is 3.50. The van der Waals surface area contributed by atoms with E-state index in [9.17, 15) is 0 Å². The summed E-state index contributed by atoms with van der Waals surface area (Å²) in [4.78, 5) is 2.86. The Balaban J connectivity index is 1.93. The second kappa shape index (κ2) is 8.20. The third kappa shape index (κ3) is 6.23. The van der Waals surface area contributed by atoms with Gasteiger partial charge in [0.05, 0.1) is 0 Å². The Morgan fingerprint density at radius 1 is 1.27 bits per heavy atom. The summed E-state index contributed by atoms with van der Waals surface area (Å²) in [6, 6.07) is 4.42. The van der Waals surface area contributed by atoms with Crippen LogP contribution in [0.5, 0.6) is 0 Å². The second-order valence-corrected chi connectivity index (χ2v) is 6.10. The molecule has 0 unspecified atom stereocenters. The van der Waals surface area contributed by atoms with Gasteiger partial charge in [-0.05, 0) is 50.5 Å². The molecule has 0 aromatic carbocycles. The lowest BCUT2D eigenvalue weighted by Gasteiger charge is -2.02. The normalized spacial score (nSPS) is 10.8. The number of nitrogens with one attached hydrogen (secondary N) is 1. The van der Waals surface area contributed by atoms with Crippen LogP contribution in [-0.2, 0) is 6.54 Å². The topological polar surface area (TPSA) is 12.0 Å². The Bertz CT molecular complexity index is 258. The van der Waals surface area contributed by atoms with Gasteiger partial charge in [-0.2, -0.15) is 11.8 Å². The number of unbranched alkanes of at least 4 members (excludes halogenated alkanes) is 2. The summed E-state index contributed by atoms with van der Waals surface area (Å²) in [5, 5.41) is 3.50. The lowest BCUT2D eigenvalue weighted by Crippen LogP contribution is -2.13. The molecule has 0 aliphatic heterocycles. The molecule has 86 valence electrons. The molecule has 0 spiro atoms. The molecule has 0 bridgehead atoms. The first kappa shape index (κ1) is 13.1. The molecular formula is C12H21NS2. The van der Waals surface area contributed by atoms with Crippen molar-refractivity contribution in [1.82, 2.24) is 5.32 Å². The van der Waals surface area contributed by atoms with Crippen LogP contribution in [0.2, 0.25) is 0 Å². The average Bonchev–Trinajstić information content (AvgIpc) is 2.63. The Labute approximate surface area is 102 Å². The maximum absolute atomic E-state index is 3.50. The quantitative estimate of drug-likeness (QED) is 0.699. The molecule has 1 aromatic heterocycles. The minimum absolute atomic E-state index is 1.04. The van der Waals surface area contributed by atoms with Crippen molar-refractivity contribution in [3.63, 3.8) is 0 Å². The largest absolute Gasteiger partial charge is 0.312 e. The fourth-order valence-corrected chi connectivity index (χ4v) is 2.82. The molecule has 1 rings (SSSR count). The van der Waals surface area contributed by atoms with Crippen LogP contribution in [0.3, 0.4) is 0 Å². The van der Waals surface area contributed by atoms with E-state index in [0.29, 0.717) is 0 Å². The molecule has 0 fully saturated rings. The van der Waals surface area contributed by atoms with E-state index in [-0.39, 0.29) is 0 Å². The van der Waals surface area contributed by atoms with E-state index in [0.717, 1.165) is 13.1 Å². The molecule has 0 aliphatic rings. The molecule has 3 heteroatoms. The predicted octanol–water partition coefficient (Wildman–Crippen LogP) is 3.68.